The van der Waals surface area contributed by atoms with E-state index in [1.54, 1.807) is 26.0 Å². The highest BCUT2D eigenvalue weighted by Gasteiger charge is 2.32. The fraction of sp³-hybridized carbons (Fsp3) is 0.290. The Hall–Kier alpha value is -4.82. The van der Waals surface area contributed by atoms with Gasteiger partial charge in [0.25, 0.3) is 11.8 Å². The molecule has 0 spiro atoms. The van der Waals surface area contributed by atoms with Crippen molar-refractivity contribution in [1.82, 2.24) is 10.4 Å². The van der Waals surface area contributed by atoms with Crippen molar-refractivity contribution >= 4 is 50.9 Å². The molecule has 14 heteroatoms. The summed E-state index contributed by atoms with van der Waals surface area (Å²) >= 11 is 3.05. The van der Waals surface area contributed by atoms with E-state index in [0.29, 0.717) is 5.06 Å². The van der Waals surface area contributed by atoms with Crippen LogP contribution in [0.4, 0.5) is 11.4 Å². The molecule has 0 radical (unpaired) electrons. The second-order valence-corrected chi connectivity index (χ2v) is 10.4. The second-order valence-electron chi connectivity index (χ2n) is 9.59. The van der Waals surface area contributed by atoms with Gasteiger partial charge in [-0.1, -0.05) is 6.07 Å². The van der Waals surface area contributed by atoms with E-state index in [4.69, 9.17) is 38.9 Å². The van der Waals surface area contributed by atoms with Crippen molar-refractivity contribution in [1.29, 1.82) is 0 Å². The third-order valence-corrected chi connectivity index (χ3v) is 7.22. The maximum atomic E-state index is 14.1. The van der Waals surface area contributed by atoms with Crippen molar-refractivity contribution in [2.45, 2.75) is 26.3 Å². The Balaban J connectivity index is 1.86. The van der Waals surface area contributed by atoms with Crippen LogP contribution in [0.5, 0.6) is 28.7 Å². The molecule has 13 nitrogen and oxygen atoms in total. The van der Waals surface area contributed by atoms with Crippen LogP contribution in [0.15, 0.2) is 40.9 Å². The first-order valence-corrected chi connectivity index (χ1v) is 13.5. The molecule has 0 saturated carbocycles. The summed E-state index contributed by atoms with van der Waals surface area (Å²) < 4.78 is 103. The van der Waals surface area contributed by atoms with E-state index in [1.807, 2.05) is 6.07 Å². The van der Waals surface area contributed by atoms with E-state index < -0.39 is 98.6 Å². The molecule has 1 atom stereocenters. The largest absolute Gasteiger partial charge is 0.493 e. The van der Waals surface area contributed by atoms with Crippen molar-refractivity contribution in [3.05, 3.63) is 63.1 Å². The number of carbonyl (C=O) groups excluding carboxylic acids is 4. The van der Waals surface area contributed by atoms with Gasteiger partial charge in [-0.25, -0.2) is 5.06 Å². The van der Waals surface area contributed by atoms with Gasteiger partial charge in [0.2, 0.25) is 17.6 Å². The highest BCUT2D eigenvalue weighted by molar-refractivity contribution is 9.10. The van der Waals surface area contributed by atoms with Gasteiger partial charge in [0.15, 0.2) is 17.2 Å². The number of aryl methyl sites for hydroxylation is 2. The van der Waals surface area contributed by atoms with Gasteiger partial charge in [-0.3, -0.25) is 24.0 Å². The lowest BCUT2D eigenvalue weighted by Gasteiger charge is -2.19. The smallest absolute Gasteiger partial charge is 0.257 e. The summed E-state index contributed by atoms with van der Waals surface area (Å²) in [5.41, 5.74) is 0.416. The lowest BCUT2D eigenvalue weighted by Crippen LogP contribution is -2.44. The van der Waals surface area contributed by atoms with Gasteiger partial charge in [-0.15, -0.1) is 0 Å². The number of anilines is 2. The molecule has 0 aromatic heterocycles. The normalized spacial score (nSPS) is 18.3. The number of hydroxylamine groups is 2. The Morgan fingerprint density at radius 3 is 2.40 bits per heavy atom. The molecule has 3 N–H and O–H groups in total. The first kappa shape index (κ1) is 21.0. The molecule has 0 bridgehead atoms. The standard InChI is InChI=1S/C31H33BrN4O9/c1-15-8-16(2)10-17(9-15)45-23-11-18-20(33-31(40)22(35-29(18)38)14-25(37)36(3)44-7)13-21(23)34-30(39)19-12-24(41-4)27(42-5)28(43-6)26(19)32/h8-13,22H,14H2,1-7H3,(H,33,40)(H,34,39)(H,35,38)/t22-/m0/s1/i3D,4D3,5D3,6D3,7D. The molecular weight excluding hydrogens is 652 g/mol. The number of carbonyl (C=O) groups is 4. The van der Waals surface area contributed by atoms with Gasteiger partial charge in [-0.05, 0) is 71.2 Å². The van der Waals surface area contributed by atoms with E-state index in [1.165, 1.54) is 6.07 Å². The van der Waals surface area contributed by atoms with Gasteiger partial charge in [0.05, 0.1) is 75.3 Å². The van der Waals surface area contributed by atoms with E-state index in [-0.39, 0.29) is 28.4 Å². The number of nitrogens with one attached hydrogen (secondary N) is 3. The van der Waals surface area contributed by atoms with Crippen LogP contribution in [0.1, 0.15) is 53.3 Å². The van der Waals surface area contributed by atoms with Crippen LogP contribution in [0.25, 0.3) is 0 Å². The van der Waals surface area contributed by atoms with Gasteiger partial charge in [0, 0.05) is 8.39 Å². The average molecular weight is 697 g/mol. The summed E-state index contributed by atoms with van der Waals surface area (Å²) in [6, 6.07) is 6.73. The lowest BCUT2D eigenvalue weighted by atomic mass is 10.1. The number of ether oxygens (including phenoxy) is 4. The minimum atomic E-state index is -3.29. The molecule has 4 amide bonds. The summed E-state index contributed by atoms with van der Waals surface area (Å²) in [7, 11) is -11.2. The first-order chi connectivity index (χ1) is 25.9. The molecule has 1 heterocycles. The van der Waals surface area contributed by atoms with E-state index in [0.717, 1.165) is 23.3 Å². The molecule has 0 unspecified atom stereocenters. The molecular formula is C31H33BrN4O9. The van der Waals surface area contributed by atoms with Crippen LogP contribution in [-0.4, -0.2) is 70.0 Å². The number of halogens is 1. The van der Waals surface area contributed by atoms with Gasteiger partial charge in [-0.2, -0.15) is 0 Å². The maximum absolute atomic E-state index is 14.1. The van der Waals surface area contributed by atoms with Crippen molar-refractivity contribution in [2.24, 2.45) is 0 Å². The fourth-order valence-corrected chi connectivity index (χ4v) is 4.95. The number of methoxy groups -OCH3 is 3. The van der Waals surface area contributed by atoms with Crippen molar-refractivity contribution in [2.75, 3.05) is 45.9 Å². The van der Waals surface area contributed by atoms with Crippen molar-refractivity contribution in [3.63, 3.8) is 0 Å². The molecule has 238 valence electrons. The Bertz CT molecular complexity index is 2010. The summed E-state index contributed by atoms with van der Waals surface area (Å²) in [6.45, 7) is 3.58. The van der Waals surface area contributed by atoms with Crippen LogP contribution in [0.2, 0.25) is 0 Å². The topological polar surface area (TPSA) is 154 Å². The second kappa shape index (κ2) is 13.9. The molecule has 45 heavy (non-hydrogen) atoms. The SMILES string of the molecule is [2H]CON(C[2H])C(=O)C[C@@H]1NC(=O)c2cc(Oc3cc(C)cc(C)c3)c(NC(=O)c3cc(OC([2H])([2H])[2H])c(OC([2H])([2H])[2H])c(OC([2H])([2H])[2H])c3Br)cc2NC1=O. The summed E-state index contributed by atoms with van der Waals surface area (Å²) in [5.74, 6) is -6.51. The van der Waals surface area contributed by atoms with Gasteiger partial charge in [0.1, 0.15) is 11.8 Å². The third-order valence-electron chi connectivity index (χ3n) is 6.43. The Morgan fingerprint density at radius 1 is 0.978 bits per heavy atom. The molecule has 0 fully saturated rings. The van der Waals surface area contributed by atoms with Crippen molar-refractivity contribution in [3.8, 4) is 28.7 Å². The van der Waals surface area contributed by atoms with E-state index in [9.17, 15) is 19.2 Å². The number of amides is 4. The number of rotatable bonds is 10. The third kappa shape index (κ3) is 7.13. The maximum Gasteiger partial charge on any atom is 0.257 e. The van der Waals surface area contributed by atoms with E-state index in [2.05, 4.69) is 31.9 Å². The molecule has 1 aliphatic heterocycles. The summed E-state index contributed by atoms with van der Waals surface area (Å²) in [6.07, 6.45) is -0.656. The van der Waals surface area contributed by atoms with Crippen molar-refractivity contribution < 1.29 is 58.0 Å². The molecule has 0 aliphatic carbocycles. The zero-order valence-electron chi connectivity index (χ0n) is 34.7. The number of hydrogen-bond acceptors (Lipinski definition) is 9. The van der Waals surface area contributed by atoms with Crippen LogP contribution < -0.4 is 34.9 Å². The highest BCUT2D eigenvalue weighted by atomic mass is 79.9. The predicted molar refractivity (Wildman–Crippen MR) is 168 cm³/mol. The van der Waals surface area contributed by atoms with Crippen LogP contribution in [0, 0.1) is 13.8 Å². The summed E-state index contributed by atoms with van der Waals surface area (Å²) in [5, 5.41) is 7.98. The number of benzene rings is 3. The van der Waals surface area contributed by atoms with Crippen LogP contribution in [0.3, 0.4) is 0 Å². The highest BCUT2D eigenvalue weighted by Crippen LogP contribution is 2.45. The molecule has 1 aliphatic rings. The number of hydrogen-bond donors (Lipinski definition) is 3. The monoisotopic (exact) mass is 695 g/mol. The van der Waals surface area contributed by atoms with Crippen LogP contribution in [-0.2, 0) is 14.4 Å². The molecule has 4 rings (SSSR count). The zero-order valence-corrected chi connectivity index (χ0v) is 25.2. The van der Waals surface area contributed by atoms with Crippen LogP contribution >= 0.6 is 15.9 Å². The predicted octanol–water partition coefficient (Wildman–Crippen LogP) is 4.60. The minimum Gasteiger partial charge on any atom is -0.493 e. The van der Waals surface area contributed by atoms with E-state index >= 15 is 0 Å². The lowest BCUT2D eigenvalue weighted by molar-refractivity contribution is -0.169. The molecule has 3 aromatic carbocycles. The number of nitrogens with zero attached hydrogens (tertiary/aromatic N) is 1. The summed E-state index contributed by atoms with van der Waals surface area (Å²) in [4.78, 5) is 58.3. The Kier molecular flexibility index (Phi) is 6.47. The Morgan fingerprint density at radius 2 is 1.71 bits per heavy atom. The molecule has 0 saturated heterocycles. The average Bonchev–Trinajstić information content (AvgIpc) is 3.15. The molecule has 3 aromatic rings. The van der Waals surface area contributed by atoms with Gasteiger partial charge >= 0.3 is 0 Å². The minimum absolute atomic E-state index is 0.177. The van der Waals surface area contributed by atoms with Gasteiger partial charge < -0.3 is 34.9 Å². The fourth-order valence-electron chi connectivity index (χ4n) is 4.40. The zero-order chi connectivity index (χ0) is 41.9. The Labute approximate surface area is 283 Å². The quantitative estimate of drug-likeness (QED) is 0.258. The first-order valence-electron chi connectivity index (χ1n) is 18.6. The number of fused-ring (bicyclic) bond motifs is 1.